The molecule has 1 atom stereocenters. The van der Waals surface area contributed by atoms with Crippen LogP contribution >= 0.6 is 0 Å². The van der Waals surface area contributed by atoms with Gasteiger partial charge in [-0.3, -0.25) is 9.89 Å². The summed E-state index contributed by atoms with van der Waals surface area (Å²) in [6, 6.07) is 0.305. The van der Waals surface area contributed by atoms with Crippen LogP contribution in [0.4, 0.5) is 0 Å². The number of hydrogen-bond donors (Lipinski definition) is 2. The van der Waals surface area contributed by atoms with Crippen LogP contribution in [0, 0.1) is 5.41 Å². The van der Waals surface area contributed by atoms with E-state index in [4.69, 9.17) is 0 Å². The molecule has 2 aliphatic carbocycles. The summed E-state index contributed by atoms with van der Waals surface area (Å²) in [6.07, 6.45) is 10.3. The highest BCUT2D eigenvalue weighted by Crippen LogP contribution is 2.35. The fourth-order valence-corrected chi connectivity index (χ4v) is 3.92. The quantitative estimate of drug-likeness (QED) is 0.820. The molecule has 4 heteroatoms. The molecule has 0 aliphatic heterocycles. The zero-order chi connectivity index (χ0) is 14.9. The molecule has 1 heterocycles. The highest BCUT2D eigenvalue weighted by molar-refractivity contribution is 5.94. The van der Waals surface area contributed by atoms with Gasteiger partial charge in [0, 0.05) is 17.3 Å². The van der Waals surface area contributed by atoms with Gasteiger partial charge in [0.05, 0.1) is 0 Å². The van der Waals surface area contributed by atoms with Crippen LogP contribution in [0.2, 0.25) is 0 Å². The average molecular weight is 289 g/mol. The minimum atomic E-state index is 0.0251. The first-order valence-electron chi connectivity index (χ1n) is 8.42. The van der Waals surface area contributed by atoms with Gasteiger partial charge >= 0.3 is 0 Å². The van der Waals surface area contributed by atoms with E-state index in [0.717, 1.165) is 25.7 Å². The number of rotatable bonds is 2. The fourth-order valence-electron chi connectivity index (χ4n) is 3.92. The monoisotopic (exact) mass is 289 g/mol. The summed E-state index contributed by atoms with van der Waals surface area (Å²) in [5.74, 6) is 0.0251. The third-order valence-electron chi connectivity index (χ3n) is 5.06. The molecule has 2 aliphatic rings. The molecule has 0 saturated heterocycles. The van der Waals surface area contributed by atoms with Crippen LogP contribution in [-0.2, 0) is 12.8 Å². The molecule has 4 nitrogen and oxygen atoms in total. The van der Waals surface area contributed by atoms with E-state index in [1.165, 1.54) is 43.4 Å². The summed E-state index contributed by atoms with van der Waals surface area (Å²) in [4.78, 5) is 12.6. The Morgan fingerprint density at radius 2 is 2.05 bits per heavy atom. The highest BCUT2D eigenvalue weighted by Gasteiger charge is 2.30. The van der Waals surface area contributed by atoms with Crippen LogP contribution in [0.5, 0.6) is 0 Å². The van der Waals surface area contributed by atoms with Crippen LogP contribution < -0.4 is 5.32 Å². The molecule has 0 radical (unpaired) electrons. The van der Waals surface area contributed by atoms with Crippen molar-refractivity contribution in [2.45, 2.75) is 77.7 Å². The Morgan fingerprint density at radius 1 is 1.24 bits per heavy atom. The Balaban J connectivity index is 1.70. The Bertz CT molecular complexity index is 518. The van der Waals surface area contributed by atoms with Crippen molar-refractivity contribution in [3.8, 4) is 0 Å². The van der Waals surface area contributed by atoms with E-state index in [9.17, 15) is 4.79 Å². The van der Waals surface area contributed by atoms with Crippen molar-refractivity contribution in [2.24, 2.45) is 5.41 Å². The molecule has 3 rings (SSSR count). The van der Waals surface area contributed by atoms with E-state index in [1.807, 2.05) is 0 Å². The van der Waals surface area contributed by atoms with Gasteiger partial charge in [-0.25, -0.2) is 0 Å². The summed E-state index contributed by atoms with van der Waals surface area (Å²) in [6.45, 7) is 4.60. The van der Waals surface area contributed by atoms with Gasteiger partial charge in [-0.2, -0.15) is 5.10 Å². The number of nitrogens with one attached hydrogen (secondary N) is 2. The zero-order valence-electron chi connectivity index (χ0n) is 13.3. The van der Waals surface area contributed by atoms with E-state index in [-0.39, 0.29) is 5.91 Å². The summed E-state index contributed by atoms with van der Waals surface area (Å²) in [7, 11) is 0. The van der Waals surface area contributed by atoms with Gasteiger partial charge in [0.15, 0.2) is 5.69 Å². The number of aryl methyl sites for hydroxylation is 1. The minimum Gasteiger partial charge on any atom is -0.348 e. The van der Waals surface area contributed by atoms with Crippen molar-refractivity contribution in [3.05, 3.63) is 17.0 Å². The van der Waals surface area contributed by atoms with Gasteiger partial charge in [-0.05, 0) is 50.4 Å². The van der Waals surface area contributed by atoms with E-state index < -0.39 is 0 Å². The maximum Gasteiger partial charge on any atom is 0.272 e. The summed E-state index contributed by atoms with van der Waals surface area (Å²) >= 11 is 0. The van der Waals surface area contributed by atoms with Crippen LogP contribution in [-0.4, -0.2) is 22.1 Å². The lowest BCUT2D eigenvalue weighted by Gasteiger charge is -2.35. The number of aromatic nitrogens is 2. The summed E-state index contributed by atoms with van der Waals surface area (Å²) in [5.41, 5.74) is 3.34. The van der Waals surface area contributed by atoms with Gasteiger partial charge in [0.2, 0.25) is 0 Å². The number of amides is 1. The number of H-pyrrole nitrogens is 1. The second-order valence-corrected chi connectivity index (χ2v) is 7.52. The molecule has 1 saturated carbocycles. The molecule has 0 bridgehead atoms. The first kappa shape index (κ1) is 14.6. The van der Waals surface area contributed by atoms with Crippen molar-refractivity contribution in [2.75, 3.05) is 0 Å². The third-order valence-corrected chi connectivity index (χ3v) is 5.06. The van der Waals surface area contributed by atoms with Gasteiger partial charge in [0.1, 0.15) is 0 Å². The van der Waals surface area contributed by atoms with Gasteiger partial charge in [0.25, 0.3) is 5.91 Å². The summed E-state index contributed by atoms with van der Waals surface area (Å²) in [5, 5.41) is 10.6. The normalized spacial score (nSPS) is 25.0. The largest absolute Gasteiger partial charge is 0.348 e. The van der Waals surface area contributed by atoms with Crippen LogP contribution in [0.15, 0.2) is 0 Å². The maximum absolute atomic E-state index is 12.6. The molecular formula is C17H27N3O. The molecule has 21 heavy (non-hydrogen) atoms. The van der Waals surface area contributed by atoms with Crippen LogP contribution in [0.3, 0.4) is 0 Å². The van der Waals surface area contributed by atoms with Crippen molar-refractivity contribution in [1.29, 1.82) is 0 Å². The molecule has 0 spiro atoms. The zero-order valence-corrected chi connectivity index (χ0v) is 13.3. The standard InChI is InChI=1S/C17H27N3O/c1-17(2)10-6-7-12(11-17)18-16(21)15-13-8-4-3-5-9-14(13)19-20-15/h12H,3-11H2,1-2H3,(H,18,21)(H,19,20). The molecule has 1 fully saturated rings. The minimum absolute atomic E-state index is 0.0251. The fraction of sp³-hybridized carbons (Fsp3) is 0.765. The molecule has 0 aromatic carbocycles. The lowest BCUT2D eigenvalue weighted by molar-refractivity contribution is 0.0896. The number of carbonyl (C=O) groups is 1. The van der Waals surface area contributed by atoms with Gasteiger partial charge in [-0.15, -0.1) is 0 Å². The lowest BCUT2D eigenvalue weighted by atomic mass is 9.75. The lowest BCUT2D eigenvalue weighted by Crippen LogP contribution is -2.41. The molecular weight excluding hydrogens is 262 g/mol. The van der Waals surface area contributed by atoms with Crippen LogP contribution in [0.25, 0.3) is 0 Å². The van der Waals surface area contributed by atoms with E-state index in [1.54, 1.807) is 0 Å². The number of fused-ring (bicyclic) bond motifs is 1. The Kier molecular flexibility index (Phi) is 4.05. The smallest absolute Gasteiger partial charge is 0.272 e. The average Bonchev–Trinajstić information content (AvgIpc) is 2.67. The number of hydrogen-bond acceptors (Lipinski definition) is 2. The molecule has 1 aromatic heterocycles. The number of carbonyl (C=O) groups excluding carboxylic acids is 1. The van der Waals surface area contributed by atoms with Crippen LogP contribution in [0.1, 0.15) is 80.5 Å². The van der Waals surface area contributed by atoms with Crippen molar-refractivity contribution < 1.29 is 4.79 Å². The second kappa shape index (κ2) is 5.82. The summed E-state index contributed by atoms with van der Waals surface area (Å²) < 4.78 is 0. The Labute approximate surface area is 127 Å². The SMILES string of the molecule is CC1(C)CCCC(NC(=O)c2n[nH]c3c2CCCCC3)C1. The van der Waals surface area contributed by atoms with Crippen molar-refractivity contribution in [1.82, 2.24) is 15.5 Å². The first-order valence-corrected chi connectivity index (χ1v) is 8.42. The van der Waals surface area contributed by atoms with E-state index >= 15 is 0 Å². The predicted molar refractivity (Wildman–Crippen MR) is 83.3 cm³/mol. The predicted octanol–water partition coefficient (Wildman–Crippen LogP) is 3.38. The van der Waals surface area contributed by atoms with Gasteiger partial charge < -0.3 is 5.32 Å². The van der Waals surface area contributed by atoms with E-state index in [2.05, 4.69) is 29.4 Å². The van der Waals surface area contributed by atoms with Crippen molar-refractivity contribution >= 4 is 5.91 Å². The molecule has 1 unspecified atom stereocenters. The van der Waals surface area contributed by atoms with E-state index in [0.29, 0.717) is 17.2 Å². The molecule has 116 valence electrons. The highest BCUT2D eigenvalue weighted by atomic mass is 16.2. The first-order chi connectivity index (χ1) is 10.1. The number of aromatic amines is 1. The Morgan fingerprint density at radius 3 is 2.86 bits per heavy atom. The topological polar surface area (TPSA) is 57.8 Å². The van der Waals surface area contributed by atoms with Crippen molar-refractivity contribution in [3.63, 3.8) is 0 Å². The molecule has 1 aromatic rings. The Hall–Kier alpha value is -1.32. The maximum atomic E-state index is 12.6. The third kappa shape index (κ3) is 3.30. The molecule has 1 amide bonds. The van der Waals surface area contributed by atoms with Gasteiger partial charge in [-0.1, -0.05) is 26.7 Å². The number of nitrogens with zero attached hydrogens (tertiary/aromatic N) is 1. The molecule has 2 N–H and O–H groups in total. The second-order valence-electron chi connectivity index (χ2n) is 7.52.